The molecule has 3 aromatic carbocycles. The minimum atomic E-state index is -0.884. The Morgan fingerprint density at radius 3 is 2.50 bits per heavy atom. The highest BCUT2D eigenvalue weighted by atomic mass is 35.5. The van der Waals surface area contributed by atoms with Gasteiger partial charge in [-0.3, -0.25) is 4.79 Å². The number of hydrogen-bond acceptors (Lipinski definition) is 3. The van der Waals surface area contributed by atoms with Crippen molar-refractivity contribution in [3.8, 4) is 0 Å². The van der Waals surface area contributed by atoms with Crippen LogP contribution in [0.1, 0.15) is 29.7 Å². The zero-order valence-corrected chi connectivity index (χ0v) is 18.0. The van der Waals surface area contributed by atoms with Crippen LogP contribution in [0.4, 0.5) is 10.1 Å². The van der Waals surface area contributed by atoms with Gasteiger partial charge in [-0.2, -0.15) is 0 Å². The molecule has 0 fully saturated rings. The van der Waals surface area contributed by atoms with Gasteiger partial charge in [0.25, 0.3) is 0 Å². The van der Waals surface area contributed by atoms with E-state index in [2.05, 4.69) is 4.90 Å². The number of fused-ring (bicyclic) bond motifs is 1. The Bertz CT molecular complexity index is 1060. The fraction of sp³-hybridized carbons (Fsp3) is 0.208. The van der Waals surface area contributed by atoms with E-state index in [0.717, 1.165) is 21.7 Å². The van der Waals surface area contributed by atoms with Crippen LogP contribution in [-0.2, 0) is 11.3 Å². The minimum absolute atomic E-state index is 0.0681. The maximum atomic E-state index is 14.2. The standard InChI is InChI=1S/C24H21ClFNO2S/c1-24(14-22(28)29)23(30-19-5-3-2-4-6-19)20-13-18(26)11-12-21(20)27(24)15-16-7-9-17(25)10-8-16/h2-13,23H,14-15H2,1H3,(H,28,29). The average molecular weight is 442 g/mol. The van der Waals surface area contributed by atoms with Crippen molar-refractivity contribution in [3.05, 3.63) is 94.8 Å². The van der Waals surface area contributed by atoms with Crippen molar-refractivity contribution >= 4 is 35.0 Å². The number of nitrogens with zero attached hydrogens (tertiary/aromatic N) is 1. The topological polar surface area (TPSA) is 40.5 Å². The number of benzene rings is 3. The normalized spacial score (nSPS) is 20.2. The lowest BCUT2D eigenvalue weighted by Crippen LogP contribution is -2.46. The SMILES string of the molecule is CC1(CC(=O)O)C(Sc2ccccc2)c2cc(F)ccc2N1Cc1ccc(Cl)cc1. The Morgan fingerprint density at radius 1 is 1.13 bits per heavy atom. The molecular formula is C24H21ClFNO2S. The maximum Gasteiger partial charge on any atom is 0.305 e. The van der Waals surface area contributed by atoms with Crippen LogP contribution < -0.4 is 4.90 Å². The molecule has 0 radical (unpaired) electrons. The molecule has 1 aliphatic heterocycles. The average Bonchev–Trinajstić information content (AvgIpc) is 2.92. The third-order valence-electron chi connectivity index (χ3n) is 5.50. The number of aliphatic carboxylic acids is 1. The molecule has 0 bridgehead atoms. The summed E-state index contributed by atoms with van der Waals surface area (Å²) in [6.45, 7) is 2.46. The Hall–Kier alpha value is -2.50. The van der Waals surface area contributed by atoms with Crippen molar-refractivity contribution in [2.24, 2.45) is 0 Å². The fourth-order valence-electron chi connectivity index (χ4n) is 4.09. The van der Waals surface area contributed by atoms with Crippen LogP contribution in [0.15, 0.2) is 77.7 Å². The quantitative estimate of drug-likeness (QED) is 0.470. The van der Waals surface area contributed by atoms with Crippen molar-refractivity contribution in [1.82, 2.24) is 0 Å². The van der Waals surface area contributed by atoms with Crippen molar-refractivity contribution in [3.63, 3.8) is 0 Å². The zero-order chi connectivity index (χ0) is 21.3. The largest absolute Gasteiger partial charge is 0.481 e. The number of thioether (sulfide) groups is 1. The molecule has 4 rings (SSSR count). The van der Waals surface area contributed by atoms with Crippen LogP contribution in [0.3, 0.4) is 0 Å². The van der Waals surface area contributed by atoms with E-state index in [1.807, 2.05) is 61.5 Å². The van der Waals surface area contributed by atoms with E-state index in [9.17, 15) is 14.3 Å². The van der Waals surface area contributed by atoms with Gasteiger partial charge in [0.05, 0.1) is 17.2 Å². The lowest BCUT2D eigenvalue weighted by atomic mass is 9.91. The van der Waals surface area contributed by atoms with E-state index in [1.165, 1.54) is 12.1 Å². The molecule has 6 heteroatoms. The van der Waals surface area contributed by atoms with Crippen molar-refractivity contribution in [2.45, 2.75) is 35.6 Å². The van der Waals surface area contributed by atoms with Crippen LogP contribution in [-0.4, -0.2) is 16.6 Å². The Balaban J connectivity index is 1.80. The van der Waals surface area contributed by atoms with Gasteiger partial charge in [0.1, 0.15) is 5.82 Å². The molecule has 0 amide bonds. The van der Waals surface area contributed by atoms with E-state index >= 15 is 0 Å². The molecule has 1 aliphatic rings. The molecule has 30 heavy (non-hydrogen) atoms. The lowest BCUT2D eigenvalue weighted by Gasteiger charge is -2.40. The van der Waals surface area contributed by atoms with Gasteiger partial charge in [-0.1, -0.05) is 41.9 Å². The van der Waals surface area contributed by atoms with E-state index < -0.39 is 11.5 Å². The van der Waals surface area contributed by atoms with Crippen LogP contribution in [0.25, 0.3) is 0 Å². The highest BCUT2D eigenvalue weighted by molar-refractivity contribution is 7.99. The summed E-state index contributed by atoms with van der Waals surface area (Å²) in [5, 5.41) is 10.2. The van der Waals surface area contributed by atoms with Gasteiger partial charge < -0.3 is 10.0 Å². The second kappa shape index (κ2) is 8.32. The molecule has 154 valence electrons. The van der Waals surface area contributed by atoms with Gasteiger partial charge in [0, 0.05) is 22.2 Å². The molecule has 0 spiro atoms. The molecule has 1 heterocycles. The number of halogens is 2. The summed E-state index contributed by atoms with van der Waals surface area (Å²) in [7, 11) is 0. The third-order valence-corrected chi connectivity index (χ3v) is 7.30. The molecule has 1 N–H and O–H groups in total. The van der Waals surface area contributed by atoms with Gasteiger partial charge in [-0.15, -0.1) is 11.8 Å². The Kier molecular flexibility index (Phi) is 5.76. The molecule has 0 saturated carbocycles. The summed E-state index contributed by atoms with van der Waals surface area (Å²) < 4.78 is 14.2. The summed E-state index contributed by atoms with van der Waals surface area (Å²) in [6, 6.07) is 22.1. The van der Waals surface area contributed by atoms with Crippen molar-refractivity contribution in [1.29, 1.82) is 0 Å². The number of carboxylic acid groups (broad SMARTS) is 1. The van der Waals surface area contributed by atoms with E-state index in [-0.39, 0.29) is 17.5 Å². The van der Waals surface area contributed by atoms with Crippen LogP contribution >= 0.6 is 23.4 Å². The predicted molar refractivity (Wildman–Crippen MR) is 120 cm³/mol. The second-order valence-electron chi connectivity index (χ2n) is 7.65. The smallest absolute Gasteiger partial charge is 0.305 e. The summed E-state index contributed by atoms with van der Waals surface area (Å²) in [5.74, 6) is -1.20. The van der Waals surface area contributed by atoms with E-state index in [0.29, 0.717) is 11.6 Å². The second-order valence-corrected chi connectivity index (χ2v) is 9.27. The van der Waals surface area contributed by atoms with Crippen molar-refractivity contribution < 1.29 is 14.3 Å². The highest BCUT2D eigenvalue weighted by Gasteiger charge is 2.50. The maximum absolute atomic E-state index is 14.2. The van der Waals surface area contributed by atoms with E-state index in [4.69, 9.17) is 11.6 Å². The highest BCUT2D eigenvalue weighted by Crippen LogP contribution is 2.56. The van der Waals surface area contributed by atoms with E-state index in [1.54, 1.807) is 17.8 Å². The number of rotatable bonds is 6. The lowest BCUT2D eigenvalue weighted by molar-refractivity contribution is -0.138. The predicted octanol–water partition coefficient (Wildman–Crippen LogP) is 6.57. The summed E-state index contributed by atoms with van der Waals surface area (Å²) in [4.78, 5) is 15.0. The number of hydrogen-bond donors (Lipinski definition) is 1. The summed E-state index contributed by atoms with van der Waals surface area (Å²) >= 11 is 7.60. The van der Waals surface area contributed by atoms with Crippen LogP contribution in [0.2, 0.25) is 5.02 Å². The first-order chi connectivity index (χ1) is 14.4. The molecule has 0 saturated heterocycles. The van der Waals surface area contributed by atoms with Gasteiger partial charge in [0.15, 0.2) is 0 Å². The first-order valence-corrected chi connectivity index (χ1v) is 10.9. The molecule has 0 aliphatic carbocycles. The monoisotopic (exact) mass is 441 g/mol. The van der Waals surface area contributed by atoms with Gasteiger partial charge in [-0.05, 0) is 60.5 Å². The molecular weight excluding hydrogens is 421 g/mol. The van der Waals surface area contributed by atoms with Gasteiger partial charge in [0.2, 0.25) is 0 Å². The number of anilines is 1. The molecule has 3 nitrogen and oxygen atoms in total. The zero-order valence-electron chi connectivity index (χ0n) is 16.4. The first-order valence-electron chi connectivity index (χ1n) is 9.62. The summed E-state index contributed by atoms with van der Waals surface area (Å²) in [5.41, 5.74) is 1.95. The summed E-state index contributed by atoms with van der Waals surface area (Å²) in [6.07, 6.45) is -0.0681. The van der Waals surface area contributed by atoms with Crippen LogP contribution in [0.5, 0.6) is 0 Å². The van der Waals surface area contributed by atoms with Crippen molar-refractivity contribution in [2.75, 3.05) is 4.90 Å². The fourth-order valence-corrected chi connectivity index (χ4v) is 5.58. The Labute approximate surface area is 184 Å². The third kappa shape index (κ3) is 4.05. The number of carboxylic acids is 1. The number of carbonyl (C=O) groups is 1. The minimum Gasteiger partial charge on any atom is -0.481 e. The molecule has 2 unspecified atom stereocenters. The van der Waals surface area contributed by atoms with Crippen LogP contribution in [0, 0.1) is 5.82 Å². The molecule has 3 aromatic rings. The Morgan fingerprint density at radius 2 is 1.83 bits per heavy atom. The molecule has 2 atom stereocenters. The van der Waals surface area contributed by atoms with Gasteiger partial charge >= 0.3 is 5.97 Å². The van der Waals surface area contributed by atoms with Gasteiger partial charge in [-0.25, -0.2) is 4.39 Å². The molecule has 0 aromatic heterocycles. The first kappa shape index (κ1) is 20.8.